The summed E-state index contributed by atoms with van der Waals surface area (Å²) in [6.07, 6.45) is 1.57. The van der Waals surface area contributed by atoms with Crippen molar-refractivity contribution in [3.05, 3.63) is 64.7 Å². The maximum absolute atomic E-state index is 12.0. The first-order chi connectivity index (χ1) is 13.7. The number of sulfonamides is 1. The third-order valence-corrected chi connectivity index (χ3v) is 5.67. The summed E-state index contributed by atoms with van der Waals surface area (Å²) < 4.78 is 26.0. The Morgan fingerprint density at radius 1 is 0.966 bits per heavy atom. The molecule has 2 N–H and O–H groups in total. The Morgan fingerprint density at radius 3 is 1.86 bits per heavy atom. The van der Waals surface area contributed by atoms with Crippen molar-refractivity contribution >= 4 is 25.6 Å². The standard InChI is InChI=1S/C12H16N2O3S.C9H12.ClH.Ru/c1-9-4-6-10(7-5-9)18(16,17)14-12(15)11-3-2-8-13-11;1-7-4-8(2)6-9(3)5-7;;/h4-7,11,13H,2-3,8H2,1H3,(H,14,15);4-6H,1-3H3;1H;/q;;;+1/p-1/t11-;;;/m0.../s1. The molecule has 1 aliphatic rings. The number of benzene rings is 2. The van der Waals surface area contributed by atoms with Crippen LogP contribution in [0.5, 0.6) is 0 Å². The van der Waals surface area contributed by atoms with Crippen molar-refractivity contribution in [2.75, 3.05) is 6.54 Å². The van der Waals surface area contributed by atoms with Gasteiger partial charge in [-0.1, -0.05) is 52.6 Å². The van der Waals surface area contributed by atoms with Gasteiger partial charge in [0.1, 0.15) is 0 Å². The average molecular weight is 525 g/mol. The Balaban J connectivity index is 0.000000321. The monoisotopic (exact) mass is 525 g/mol. The van der Waals surface area contributed by atoms with Crippen LogP contribution < -0.4 is 10.0 Å². The molecule has 1 heterocycles. The number of hydrogen-bond donors (Lipinski definition) is 2. The van der Waals surface area contributed by atoms with Crippen LogP contribution in [-0.4, -0.2) is 26.9 Å². The van der Waals surface area contributed by atoms with E-state index >= 15 is 0 Å². The van der Waals surface area contributed by atoms with Crippen LogP contribution in [0.1, 0.15) is 35.1 Å². The van der Waals surface area contributed by atoms with Crippen LogP contribution >= 0.6 is 9.69 Å². The molecule has 29 heavy (non-hydrogen) atoms. The SMILES string of the molecule is Cc1cc(C)cc(C)c1.Cc1ccc(S(=O)(=O)NC(=O)[C@@H]2CCCN2)cc1.[Cl][Ru]. The molecule has 0 spiro atoms. The summed E-state index contributed by atoms with van der Waals surface area (Å²) in [4.78, 5) is 11.9. The van der Waals surface area contributed by atoms with E-state index in [1.807, 2.05) is 24.2 Å². The number of amides is 1. The summed E-state index contributed by atoms with van der Waals surface area (Å²) in [5, 5.41) is 2.96. The zero-order valence-electron chi connectivity index (χ0n) is 17.1. The van der Waals surface area contributed by atoms with E-state index in [4.69, 9.17) is 0 Å². The number of carbonyl (C=O) groups excluding carboxylic acids is 1. The van der Waals surface area contributed by atoms with Gasteiger partial charge in [-0.25, -0.2) is 13.1 Å². The Bertz CT molecular complexity index is 846. The predicted octanol–water partition coefficient (Wildman–Crippen LogP) is 3.85. The van der Waals surface area contributed by atoms with E-state index in [1.165, 1.54) is 28.8 Å². The van der Waals surface area contributed by atoms with Crippen LogP contribution in [0.25, 0.3) is 0 Å². The van der Waals surface area contributed by atoms with Gasteiger partial charge in [0.2, 0.25) is 0 Å². The summed E-state index contributed by atoms with van der Waals surface area (Å²) in [6, 6.07) is 12.6. The fraction of sp³-hybridized carbons (Fsp3) is 0.381. The maximum atomic E-state index is 12.0. The predicted molar refractivity (Wildman–Crippen MR) is 114 cm³/mol. The molecule has 3 rings (SSSR count). The van der Waals surface area contributed by atoms with Crippen LogP contribution in [-0.2, 0) is 32.1 Å². The van der Waals surface area contributed by atoms with Gasteiger partial charge < -0.3 is 5.32 Å². The number of hydrogen-bond acceptors (Lipinski definition) is 4. The van der Waals surface area contributed by atoms with Gasteiger partial charge in [0.15, 0.2) is 0 Å². The van der Waals surface area contributed by atoms with Crippen LogP contribution in [0.4, 0.5) is 0 Å². The van der Waals surface area contributed by atoms with Crippen molar-refractivity contribution in [3.63, 3.8) is 0 Å². The molecule has 1 atom stereocenters. The minimum atomic E-state index is -3.75. The fourth-order valence-electron chi connectivity index (χ4n) is 3.09. The van der Waals surface area contributed by atoms with Crippen molar-refractivity contribution < 1.29 is 30.5 Å². The number of rotatable bonds is 3. The van der Waals surface area contributed by atoms with Gasteiger partial charge in [0.05, 0.1) is 10.9 Å². The number of aryl methyl sites for hydroxylation is 4. The molecule has 0 saturated carbocycles. The molecule has 2 aromatic carbocycles. The Kier molecular flexibility index (Phi) is 11.0. The van der Waals surface area contributed by atoms with E-state index in [0.29, 0.717) is 6.42 Å². The van der Waals surface area contributed by atoms with Crippen LogP contribution in [0.2, 0.25) is 0 Å². The van der Waals surface area contributed by atoms with Crippen LogP contribution in [0, 0.1) is 27.7 Å². The molecule has 0 aromatic heterocycles. The first kappa shape index (κ1) is 25.8. The molecule has 8 heteroatoms. The Labute approximate surface area is 188 Å². The van der Waals surface area contributed by atoms with E-state index in [0.717, 1.165) is 18.5 Å². The molecule has 0 aliphatic carbocycles. The van der Waals surface area contributed by atoms with Crippen molar-refractivity contribution in [2.24, 2.45) is 0 Å². The molecular formula is C21H28ClN2O3RuS. The van der Waals surface area contributed by atoms with Gasteiger partial charge in [-0.15, -0.1) is 0 Å². The summed E-state index contributed by atoms with van der Waals surface area (Å²) in [7, 11) is 0.816. The zero-order valence-corrected chi connectivity index (χ0v) is 20.4. The van der Waals surface area contributed by atoms with Crippen molar-refractivity contribution in [2.45, 2.75) is 51.5 Å². The van der Waals surface area contributed by atoms with Gasteiger partial charge in [-0.2, -0.15) is 0 Å². The van der Waals surface area contributed by atoms with Crippen molar-refractivity contribution in [1.29, 1.82) is 0 Å². The molecule has 0 radical (unpaired) electrons. The Morgan fingerprint density at radius 2 is 1.45 bits per heavy atom. The second-order valence-corrected chi connectivity index (χ2v) is 8.78. The molecule has 1 aliphatic heterocycles. The summed E-state index contributed by atoms with van der Waals surface area (Å²) in [5.41, 5.74) is 5.03. The van der Waals surface area contributed by atoms with Gasteiger partial charge in [0.25, 0.3) is 15.9 Å². The van der Waals surface area contributed by atoms with Gasteiger partial charge in [-0.05, 0) is 59.2 Å². The second kappa shape index (κ2) is 12.4. The molecule has 0 unspecified atom stereocenters. The molecule has 2 aromatic rings. The van der Waals surface area contributed by atoms with E-state index in [9.17, 15) is 13.2 Å². The minimum absolute atomic E-state index is 0.111. The average Bonchev–Trinajstić information content (AvgIpc) is 3.18. The zero-order chi connectivity index (χ0) is 22.0. The third-order valence-electron chi connectivity index (χ3n) is 4.31. The van der Waals surface area contributed by atoms with Crippen LogP contribution in [0.3, 0.4) is 0 Å². The normalized spacial score (nSPS) is 15.4. The topological polar surface area (TPSA) is 75.3 Å². The van der Waals surface area contributed by atoms with E-state index in [1.54, 1.807) is 12.1 Å². The summed E-state index contributed by atoms with van der Waals surface area (Å²) >= 11 is 1.82. The van der Waals surface area contributed by atoms with Crippen molar-refractivity contribution in [3.8, 4) is 0 Å². The molecule has 1 saturated heterocycles. The van der Waals surface area contributed by atoms with E-state index in [2.05, 4.69) is 58.7 Å². The third kappa shape index (κ3) is 8.96. The molecule has 0 bridgehead atoms. The molecular weight excluding hydrogens is 497 g/mol. The summed E-state index contributed by atoms with van der Waals surface area (Å²) in [5.74, 6) is -0.479. The fourth-order valence-corrected chi connectivity index (χ4v) is 4.11. The second-order valence-electron chi connectivity index (χ2n) is 7.10. The molecule has 1 fully saturated rings. The summed E-state index contributed by atoms with van der Waals surface area (Å²) in [6.45, 7) is 9.00. The molecule has 5 nitrogen and oxygen atoms in total. The van der Waals surface area contributed by atoms with Crippen molar-refractivity contribution in [1.82, 2.24) is 10.0 Å². The van der Waals surface area contributed by atoms with Gasteiger partial charge >= 0.3 is 27.0 Å². The quantitative estimate of drug-likeness (QED) is 0.598. The van der Waals surface area contributed by atoms with Crippen LogP contribution in [0.15, 0.2) is 47.4 Å². The Hall–Kier alpha value is -1.27. The first-order valence-corrected chi connectivity index (χ1v) is 12.9. The molecule has 161 valence electrons. The number of halogens is 1. The number of nitrogens with one attached hydrogen (secondary N) is 2. The van der Waals surface area contributed by atoms with E-state index in [-0.39, 0.29) is 4.90 Å². The number of carbonyl (C=O) groups is 1. The van der Waals surface area contributed by atoms with Gasteiger partial charge in [-0.3, -0.25) is 4.79 Å². The first-order valence-electron chi connectivity index (χ1n) is 9.22. The molecule has 1 amide bonds. The van der Waals surface area contributed by atoms with Gasteiger partial charge in [0, 0.05) is 0 Å². The van der Waals surface area contributed by atoms with E-state index < -0.39 is 22.0 Å².